The average Bonchev–Trinajstić information content (AvgIpc) is 2.97. The maximum atomic E-state index is 13.0. The number of piperidine rings is 1. The van der Waals surface area contributed by atoms with Gasteiger partial charge in [-0.05, 0) is 49.2 Å². The van der Waals surface area contributed by atoms with Gasteiger partial charge in [-0.1, -0.05) is 6.07 Å². The van der Waals surface area contributed by atoms with Crippen molar-refractivity contribution in [2.75, 3.05) is 50.0 Å². The zero-order valence-corrected chi connectivity index (χ0v) is 21.6. The molecule has 1 amide bonds. The summed E-state index contributed by atoms with van der Waals surface area (Å²) in [4.78, 5) is 19.5. The number of pyridine rings is 1. The van der Waals surface area contributed by atoms with Crippen LogP contribution >= 0.6 is 0 Å². The molecule has 0 spiro atoms. The Balaban J connectivity index is 1.17. The molecule has 2 aromatic heterocycles. The van der Waals surface area contributed by atoms with E-state index in [4.69, 9.17) is 14.2 Å². The topological polar surface area (TPSA) is 111 Å². The monoisotopic (exact) mass is 514 g/mol. The molecule has 10 heteroatoms. The van der Waals surface area contributed by atoms with Gasteiger partial charge in [-0.3, -0.25) is 9.78 Å². The Hall–Kier alpha value is -4.60. The zero-order chi connectivity index (χ0) is 26.5. The number of amides is 1. The van der Waals surface area contributed by atoms with E-state index >= 15 is 0 Å². The number of hydrogen-bond acceptors (Lipinski definition) is 9. The summed E-state index contributed by atoms with van der Waals surface area (Å²) in [6, 6.07) is 17.2. The molecule has 5 rings (SSSR count). The number of carbonyl (C=O) groups is 1. The number of carbonyl (C=O) groups excluding carboxylic acids is 1. The third kappa shape index (κ3) is 5.39. The minimum atomic E-state index is -0.110. The fraction of sp³-hybridized carbons (Fsp3) is 0.286. The number of benzene rings is 2. The number of nitrogens with one attached hydrogen (secondary N) is 2. The summed E-state index contributed by atoms with van der Waals surface area (Å²) in [6.45, 7) is 1.43. The highest BCUT2D eigenvalue weighted by atomic mass is 16.5. The molecule has 0 bridgehead atoms. The van der Waals surface area contributed by atoms with E-state index in [2.05, 4.69) is 30.7 Å². The van der Waals surface area contributed by atoms with Gasteiger partial charge >= 0.3 is 0 Å². The van der Waals surface area contributed by atoms with Crippen molar-refractivity contribution in [1.29, 1.82) is 0 Å². The minimum Gasteiger partial charge on any atom is -0.493 e. The molecule has 10 nitrogen and oxygen atoms in total. The largest absolute Gasteiger partial charge is 0.493 e. The number of fused-ring (bicyclic) bond motifs is 1. The lowest BCUT2D eigenvalue weighted by molar-refractivity contribution is -0.120. The third-order valence-electron chi connectivity index (χ3n) is 6.65. The second kappa shape index (κ2) is 11.2. The number of methoxy groups -OCH3 is 3. The van der Waals surface area contributed by atoms with E-state index < -0.39 is 0 Å². The van der Waals surface area contributed by atoms with Crippen LogP contribution in [0.5, 0.6) is 17.2 Å². The maximum absolute atomic E-state index is 13.0. The van der Waals surface area contributed by atoms with Crippen molar-refractivity contribution in [3.05, 3.63) is 60.8 Å². The minimum absolute atomic E-state index is 0.0323. The molecular weight excluding hydrogens is 484 g/mol. The van der Waals surface area contributed by atoms with Crippen molar-refractivity contribution in [2.45, 2.75) is 12.8 Å². The fourth-order valence-electron chi connectivity index (χ4n) is 4.63. The quantitative estimate of drug-likeness (QED) is 0.347. The Morgan fingerprint density at radius 3 is 2.32 bits per heavy atom. The van der Waals surface area contributed by atoms with Crippen LogP contribution in [0.1, 0.15) is 12.8 Å². The van der Waals surface area contributed by atoms with E-state index in [1.807, 2.05) is 42.5 Å². The molecule has 0 aliphatic carbocycles. The number of anilines is 4. The van der Waals surface area contributed by atoms with Crippen LogP contribution in [0.3, 0.4) is 0 Å². The van der Waals surface area contributed by atoms with E-state index in [-0.39, 0.29) is 11.8 Å². The molecular formula is C28H30N6O4. The molecule has 1 aliphatic rings. The predicted molar refractivity (Wildman–Crippen MR) is 147 cm³/mol. The summed E-state index contributed by atoms with van der Waals surface area (Å²) < 4.78 is 16.1. The van der Waals surface area contributed by atoms with Gasteiger partial charge in [-0.15, -0.1) is 10.2 Å². The van der Waals surface area contributed by atoms with E-state index in [1.54, 1.807) is 39.7 Å². The first-order chi connectivity index (χ1) is 18.6. The van der Waals surface area contributed by atoms with Crippen LogP contribution < -0.4 is 29.7 Å². The molecule has 0 saturated carbocycles. The molecule has 2 N–H and O–H groups in total. The number of hydrogen-bond donors (Lipinski definition) is 2. The third-order valence-corrected chi connectivity index (χ3v) is 6.65. The molecule has 196 valence electrons. The van der Waals surface area contributed by atoms with Crippen molar-refractivity contribution < 1.29 is 19.0 Å². The first-order valence-electron chi connectivity index (χ1n) is 12.4. The number of nitrogens with zero attached hydrogens (tertiary/aromatic N) is 4. The Bertz CT molecular complexity index is 1400. The Morgan fingerprint density at radius 2 is 1.66 bits per heavy atom. The molecule has 1 saturated heterocycles. The van der Waals surface area contributed by atoms with Crippen molar-refractivity contribution in [3.63, 3.8) is 0 Å². The summed E-state index contributed by atoms with van der Waals surface area (Å²) in [5, 5.41) is 16.1. The van der Waals surface area contributed by atoms with Crippen LogP contribution in [0.25, 0.3) is 10.9 Å². The van der Waals surface area contributed by atoms with Gasteiger partial charge < -0.3 is 29.7 Å². The van der Waals surface area contributed by atoms with Crippen LogP contribution in [-0.4, -0.2) is 55.5 Å². The lowest BCUT2D eigenvalue weighted by atomic mass is 9.95. The van der Waals surface area contributed by atoms with Gasteiger partial charge in [0.05, 0.1) is 26.8 Å². The van der Waals surface area contributed by atoms with Gasteiger partial charge in [0.25, 0.3) is 0 Å². The average molecular weight is 515 g/mol. The summed E-state index contributed by atoms with van der Waals surface area (Å²) in [5.41, 5.74) is 2.47. The fourth-order valence-corrected chi connectivity index (χ4v) is 4.63. The maximum Gasteiger partial charge on any atom is 0.227 e. The molecule has 3 heterocycles. The van der Waals surface area contributed by atoms with E-state index in [9.17, 15) is 4.79 Å². The number of rotatable bonds is 8. The van der Waals surface area contributed by atoms with Crippen molar-refractivity contribution >= 4 is 39.8 Å². The summed E-state index contributed by atoms with van der Waals surface area (Å²) in [7, 11) is 4.64. The summed E-state index contributed by atoms with van der Waals surface area (Å²) >= 11 is 0. The second-order valence-corrected chi connectivity index (χ2v) is 8.98. The highest BCUT2D eigenvalue weighted by molar-refractivity contribution is 5.93. The number of aromatic nitrogens is 3. The Kier molecular flexibility index (Phi) is 7.39. The van der Waals surface area contributed by atoms with Gasteiger partial charge in [0.2, 0.25) is 11.7 Å². The lowest BCUT2D eigenvalue weighted by Gasteiger charge is -2.31. The zero-order valence-electron chi connectivity index (χ0n) is 21.6. The van der Waals surface area contributed by atoms with Gasteiger partial charge in [0.1, 0.15) is 0 Å². The van der Waals surface area contributed by atoms with Gasteiger partial charge in [0.15, 0.2) is 23.1 Å². The molecule has 2 aromatic carbocycles. The lowest BCUT2D eigenvalue weighted by Crippen LogP contribution is -2.38. The predicted octanol–water partition coefficient (Wildman–Crippen LogP) is 4.65. The molecule has 0 atom stereocenters. The molecule has 0 radical (unpaired) electrons. The van der Waals surface area contributed by atoms with E-state index in [0.717, 1.165) is 22.4 Å². The summed E-state index contributed by atoms with van der Waals surface area (Å²) in [6.07, 6.45) is 3.21. The van der Waals surface area contributed by atoms with Crippen molar-refractivity contribution in [1.82, 2.24) is 15.2 Å². The van der Waals surface area contributed by atoms with Crippen molar-refractivity contribution in [3.8, 4) is 17.2 Å². The van der Waals surface area contributed by atoms with Gasteiger partial charge in [-0.2, -0.15) is 0 Å². The van der Waals surface area contributed by atoms with Crippen LogP contribution in [0, 0.1) is 5.92 Å². The Labute approximate surface area is 220 Å². The van der Waals surface area contributed by atoms with Crippen LogP contribution in [0.15, 0.2) is 60.8 Å². The van der Waals surface area contributed by atoms with E-state index in [1.165, 1.54) is 0 Å². The van der Waals surface area contributed by atoms with E-state index in [0.29, 0.717) is 54.7 Å². The smallest absolute Gasteiger partial charge is 0.227 e. The normalized spacial score (nSPS) is 13.7. The molecule has 38 heavy (non-hydrogen) atoms. The molecule has 0 unspecified atom stereocenters. The Morgan fingerprint density at radius 1 is 0.895 bits per heavy atom. The van der Waals surface area contributed by atoms with Crippen LogP contribution in [0.2, 0.25) is 0 Å². The molecule has 4 aromatic rings. The standard InChI is InChI=1S/C28H30N6O4/c1-36-23-16-21(17-24(37-2)27(23)38-3)31-28(35)18-10-13-34(14-11-18)26-9-8-25(32-33-26)30-20-6-7-22-19(15-20)5-4-12-29-22/h4-9,12,15-18H,10-11,13-14H2,1-3H3,(H,30,32)(H,31,35). The molecule has 1 fully saturated rings. The summed E-state index contributed by atoms with van der Waals surface area (Å²) in [5.74, 6) is 2.78. The second-order valence-electron chi connectivity index (χ2n) is 8.98. The number of ether oxygens (including phenoxy) is 3. The SMILES string of the molecule is COc1cc(NC(=O)C2CCN(c3ccc(Nc4ccc5ncccc5c4)nn3)CC2)cc(OC)c1OC. The van der Waals surface area contributed by atoms with Crippen molar-refractivity contribution in [2.24, 2.45) is 5.92 Å². The van der Waals surface area contributed by atoms with Gasteiger partial charge in [-0.25, -0.2) is 0 Å². The first kappa shape index (κ1) is 25.1. The van der Waals surface area contributed by atoms with Gasteiger partial charge in [0, 0.05) is 54.1 Å². The highest BCUT2D eigenvalue weighted by Gasteiger charge is 2.26. The van der Waals surface area contributed by atoms with Crippen LogP contribution in [-0.2, 0) is 4.79 Å². The van der Waals surface area contributed by atoms with Crippen LogP contribution in [0.4, 0.5) is 23.0 Å². The first-order valence-corrected chi connectivity index (χ1v) is 12.4. The highest BCUT2D eigenvalue weighted by Crippen LogP contribution is 2.40. The molecule has 1 aliphatic heterocycles.